The van der Waals surface area contributed by atoms with Gasteiger partial charge in [0.25, 0.3) is 0 Å². The Kier molecular flexibility index (Phi) is 3.80. The molecule has 5 heteroatoms. The topological polar surface area (TPSA) is 43.6 Å². The predicted molar refractivity (Wildman–Crippen MR) is 82.9 cm³/mol. The van der Waals surface area contributed by atoms with Crippen LogP contribution in [0.3, 0.4) is 0 Å². The van der Waals surface area contributed by atoms with Crippen LogP contribution in [-0.2, 0) is 4.74 Å². The van der Waals surface area contributed by atoms with Crippen molar-refractivity contribution in [3.8, 4) is 0 Å². The third-order valence-corrected chi connectivity index (χ3v) is 3.66. The molecule has 2 aromatic heterocycles. The van der Waals surface area contributed by atoms with E-state index < -0.39 is 0 Å². The highest BCUT2D eigenvalue weighted by molar-refractivity contribution is 6.35. The van der Waals surface area contributed by atoms with E-state index in [0.717, 1.165) is 23.9 Å². The molecule has 0 saturated carbocycles. The smallest absolute Gasteiger partial charge is 0.338 e. The lowest BCUT2D eigenvalue weighted by atomic mass is 10.2. The summed E-state index contributed by atoms with van der Waals surface area (Å²) in [7, 11) is 0. The summed E-state index contributed by atoms with van der Waals surface area (Å²) in [5, 5.41) is 0.600. The van der Waals surface area contributed by atoms with Gasteiger partial charge in [0, 0.05) is 6.20 Å². The summed E-state index contributed by atoms with van der Waals surface area (Å²) in [5.74, 6) is -0.316. The van der Waals surface area contributed by atoms with Crippen molar-refractivity contribution in [2.45, 2.75) is 19.8 Å². The first kappa shape index (κ1) is 13.9. The Morgan fingerprint density at radius 1 is 1.38 bits per heavy atom. The van der Waals surface area contributed by atoms with Crippen LogP contribution in [0.25, 0.3) is 16.7 Å². The normalized spacial score (nSPS) is 11.1. The molecule has 21 heavy (non-hydrogen) atoms. The van der Waals surface area contributed by atoms with E-state index in [1.165, 1.54) is 0 Å². The second-order valence-corrected chi connectivity index (χ2v) is 5.26. The molecule has 0 saturated heterocycles. The summed E-state index contributed by atoms with van der Waals surface area (Å²) in [6.45, 7) is 2.50. The first-order valence-corrected chi connectivity index (χ1v) is 7.32. The standard InChI is InChI=1S/C16H15ClN2O2/c1-2-3-9-21-16(20)11-7-8-19-13-6-4-5-12(17)15(13)18-14(19)10-11/h4-8,10H,2-3,9H2,1H3. The van der Waals surface area contributed by atoms with Gasteiger partial charge < -0.3 is 4.74 Å². The molecule has 4 nitrogen and oxygen atoms in total. The molecule has 0 bridgehead atoms. The molecule has 0 fully saturated rings. The van der Waals surface area contributed by atoms with Gasteiger partial charge >= 0.3 is 5.97 Å². The summed E-state index contributed by atoms with van der Waals surface area (Å²) >= 11 is 6.15. The molecule has 3 rings (SSSR count). The van der Waals surface area contributed by atoms with Crippen molar-refractivity contribution in [2.24, 2.45) is 0 Å². The number of halogens is 1. The number of pyridine rings is 1. The van der Waals surface area contributed by atoms with E-state index in [4.69, 9.17) is 16.3 Å². The summed E-state index contributed by atoms with van der Waals surface area (Å²) in [5.41, 5.74) is 2.84. The number of para-hydroxylation sites is 1. The average molecular weight is 303 g/mol. The molecule has 0 aliphatic carbocycles. The second kappa shape index (κ2) is 5.74. The lowest BCUT2D eigenvalue weighted by Gasteiger charge is -2.04. The summed E-state index contributed by atoms with van der Waals surface area (Å²) in [6, 6.07) is 9.09. The van der Waals surface area contributed by atoms with Gasteiger partial charge in [0.05, 0.1) is 22.7 Å². The van der Waals surface area contributed by atoms with Gasteiger partial charge in [-0.3, -0.25) is 4.40 Å². The van der Waals surface area contributed by atoms with Crippen LogP contribution in [-0.4, -0.2) is 22.0 Å². The first-order valence-electron chi connectivity index (χ1n) is 6.94. The van der Waals surface area contributed by atoms with Crippen LogP contribution < -0.4 is 0 Å². The van der Waals surface area contributed by atoms with Gasteiger partial charge in [-0.15, -0.1) is 0 Å². The Labute approximate surface area is 127 Å². The van der Waals surface area contributed by atoms with E-state index in [0.29, 0.717) is 22.8 Å². The van der Waals surface area contributed by atoms with Crippen molar-refractivity contribution in [2.75, 3.05) is 6.61 Å². The number of nitrogens with zero attached hydrogens (tertiary/aromatic N) is 2. The number of imidazole rings is 1. The van der Waals surface area contributed by atoms with Gasteiger partial charge in [-0.25, -0.2) is 9.78 Å². The highest BCUT2D eigenvalue weighted by Crippen LogP contribution is 2.24. The van der Waals surface area contributed by atoms with Crippen LogP contribution in [0.15, 0.2) is 36.5 Å². The van der Waals surface area contributed by atoms with Gasteiger partial charge in [-0.1, -0.05) is 31.0 Å². The molecule has 0 atom stereocenters. The number of benzene rings is 1. The molecule has 0 unspecified atom stereocenters. The number of carbonyl (C=O) groups excluding carboxylic acids is 1. The van der Waals surface area contributed by atoms with E-state index in [2.05, 4.69) is 11.9 Å². The molecule has 108 valence electrons. The summed E-state index contributed by atoms with van der Waals surface area (Å²) in [4.78, 5) is 16.4. The maximum Gasteiger partial charge on any atom is 0.338 e. The fourth-order valence-corrected chi connectivity index (χ4v) is 2.43. The minimum absolute atomic E-state index is 0.316. The number of hydrogen-bond donors (Lipinski definition) is 0. The number of rotatable bonds is 4. The molecule has 3 aromatic rings. The van der Waals surface area contributed by atoms with Crippen LogP contribution in [0.5, 0.6) is 0 Å². The number of esters is 1. The molecule has 0 aliphatic rings. The number of hydrogen-bond acceptors (Lipinski definition) is 3. The minimum atomic E-state index is -0.316. The Morgan fingerprint density at radius 2 is 2.24 bits per heavy atom. The number of unbranched alkanes of at least 4 members (excludes halogenated alkanes) is 1. The predicted octanol–water partition coefficient (Wildman–Crippen LogP) is 4.10. The number of carbonyl (C=O) groups is 1. The van der Waals surface area contributed by atoms with Crippen LogP contribution in [0, 0.1) is 0 Å². The monoisotopic (exact) mass is 302 g/mol. The van der Waals surface area contributed by atoms with Crippen molar-refractivity contribution < 1.29 is 9.53 Å². The van der Waals surface area contributed by atoms with E-state index >= 15 is 0 Å². The minimum Gasteiger partial charge on any atom is -0.462 e. The molecule has 0 N–H and O–H groups in total. The van der Waals surface area contributed by atoms with Crippen molar-refractivity contribution in [3.05, 3.63) is 47.1 Å². The quantitative estimate of drug-likeness (QED) is 0.538. The van der Waals surface area contributed by atoms with Crippen LogP contribution >= 0.6 is 11.6 Å². The highest BCUT2D eigenvalue weighted by Gasteiger charge is 2.11. The number of fused-ring (bicyclic) bond motifs is 3. The Bertz CT molecular complexity index is 810. The average Bonchev–Trinajstić information content (AvgIpc) is 2.87. The number of ether oxygens (including phenoxy) is 1. The Balaban J connectivity index is 1.99. The fraction of sp³-hybridized carbons (Fsp3) is 0.250. The Morgan fingerprint density at radius 3 is 3.05 bits per heavy atom. The zero-order valence-electron chi connectivity index (χ0n) is 11.7. The molecule has 0 aliphatic heterocycles. The van der Waals surface area contributed by atoms with Crippen LogP contribution in [0.1, 0.15) is 30.1 Å². The molecule has 0 spiro atoms. The van der Waals surface area contributed by atoms with Crippen molar-refractivity contribution >= 4 is 34.3 Å². The molecule has 0 radical (unpaired) electrons. The lowest BCUT2D eigenvalue weighted by molar-refractivity contribution is 0.0499. The molecule has 0 amide bonds. The largest absolute Gasteiger partial charge is 0.462 e. The lowest BCUT2D eigenvalue weighted by Crippen LogP contribution is -2.06. The summed E-state index contributed by atoms with van der Waals surface area (Å²) in [6.07, 6.45) is 3.69. The molecular weight excluding hydrogens is 288 g/mol. The summed E-state index contributed by atoms with van der Waals surface area (Å²) < 4.78 is 7.12. The van der Waals surface area contributed by atoms with E-state index in [1.54, 1.807) is 18.2 Å². The molecular formula is C16H15ClN2O2. The highest BCUT2D eigenvalue weighted by atomic mass is 35.5. The third-order valence-electron chi connectivity index (χ3n) is 3.35. The van der Waals surface area contributed by atoms with Gasteiger partial charge in [-0.2, -0.15) is 0 Å². The zero-order chi connectivity index (χ0) is 14.8. The zero-order valence-corrected chi connectivity index (χ0v) is 12.4. The maximum absolute atomic E-state index is 12.0. The second-order valence-electron chi connectivity index (χ2n) is 4.85. The number of aromatic nitrogens is 2. The molecule has 1 aromatic carbocycles. The van der Waals surface area contributed by atoms with E-state index in [-0.39, 0.29) is 5.97 Å². The van der Waals surface area contributed by atoms with Crippen LogP contribution in [0.2, 0.25) is 5.02 Å². The first-order chi connectivity index (χ1) is 10.2. The van der Waals surface area contributed by atoms with E-state index in [9.17, 15) is 4.79 Å². The maximum atomic E-state index is 12.0. The van der Waals surface area contributed by atoms with Crippen molar-refractivity contribution in [1.82, 2.24) is 9.38 Å². The van der Waals surface area contributed by atoms with Gasteiger partial charge in [0.1, 0.15) is 11.2 Å². The van der Waals surface area contributed by atoms with E-state index in [1.807, 2.05) is 22.7 Å². The van der Waals surface area contributed by atoms with Crippen molar-refractivity contribution in [1.29, 1.82) is 0 Å². The van der Waals surface area contributed by atoms with Gasteiger partial charge in [0.15, 0.2) is 0 Å². The van der Waals surface area contributed by atoms with Gasteiger partial charge in [0.2, 0.25) is 0 Å². The van der Waals surface area contributed by atoms with Gasteiger partial charge in [-0.05, 0) is 30.7 Å². The fourth-order valence-electron chi connectivity index (χ4n) is 2.22. The Hall–Kier alpha value is -2.07. The van der Waals surface area contributed by atoms with Crippen LogP contribution in [0.4, 0.5) is 0 Å². The third kappa shape index (κ3) is 2.59. The SMILES string of the molecule is CCCCOC(=O)c1ccn2c(c1)nc1c(Cl)cccc12. The van der Waals surface area contributed by atoms with Crippen molar-refractivity contribution in [3.63, 3.8) is 0 Å². The molecule has 2 heterocycles.